The highest BCUT2D eigenvalue weighted by molar-refractivity contribution is 7.99. The highest BCUT2D eigenvalue weighted by atomic mass is 35.5. The lowest BCUT2D eigenvalue weighted by Gasteiger charge is -2.18. The summed E-state index contributed by atoms with van der Waals surface area (Å²) >= 11 is 13.4. The van der Waals surface area contributed by atoms with E-state index in [-0.39, 0.29) is 0 Å². The third-order valence-electron chi connectivity index (χ3n) is 2.68. The van der Waals surface area contributed by atoms with E-state index in [1.54, 1.807) is 31.7 Å². The molecule has 1 rings (SSSR count). The molecule has 0 aromatic heterocycles. The first-order valence-corrected chi connectivity index (χ1v) is 7.38. The lowest BCUT2D eigenvalue weighted by molar-refractivity contribution is -0.147. The molecule has 0 atom stereocenters. The van der Waals surface area contributed by atoms with Crippen molar-refractivity contribution in [3.05, 3.63) is 28.2 Å². The van der Waals surface area contributed by atoms with E-state index >= 15 is 0 Å². The van der Waals surface area contributed by atoms with Crippen molar-refractivity contribution in [2.24, 2.45) is 5.41 Å². The molecule has 100 valence electrons. The number of rotatable bonds is 6. The highest BCUT2D eigenvalue weighted by Crippen LogP contribution is 2.30. The van der Waals surface area contributed by atoms with Crippen molar-refractivity contribution in [3.63, 3.8) is 0 Å². The Bertz CT molecular complexity index is 433. The Morgan fingerprint density at radius 3 is 2.56 bits per heavy atom. The van der Waals surface area contributed by atoms with Crippen LogP contribution >= 0.6 is 35.0 Å². The largest absolute Gasteiger partial charge is 0.481 e. The number of halogens is 2. The summed E-state index contributed by atoms with van der Waals surface area (Å²) in [6.45, 7) is 3.50. The smallest absolute Gasteiger partial charge is 0.309 e. The van der Waals surface area contributed by atoms with Gasteiger partial charge in [-0.25, -0.2) is 0 Å². The second-order valence-corrected chi connectivity index (χ2v) is 6.70. The van der Waals surface area contributed by atoms with E-state index in [0.717, 1.165) is 17.1 Å². The van der Waals surface area contributed by atoms with E-state index < -0.39 is 11.4 Å². The molecule has 0 unspecified atom stereocenters. The molecule has 5 heteroatoms. The lowest BCUT2D eigenvalue weighted by Crippen LogP contribution is -2.23. The van der Waals surface area contributed by atoms with Crippen molar-refractivity contribution in [2.45, 2.75) is 31.6 Å². The number of carboxylic acid groups (broad SMARTS) is 1. The van der Waals surface area contributed by atoms with Crippen LogP contribution in [0.15, 0.2) is 23.1 Å². The van der Waals surface area contributed by atoms with Crippen molar-refractivity contribution in [2.75, 3.05) is 5.75 Å². The number of aliphatic carboxylic acids is 1. The Labute approximate surface area is 122 Å². The van der Waals surface area contributed by atoms with Crippen LogP contribution < -0.4 is 0 Å². The van der Waals surface area contributed by atoms with Crippen LogP contribution in [-0.4, -0.2) is 16.8 Å². The number of carbonyl (C=O) groups is 1. The molecule has 1 aromatic rings. The van der Waals surface area contributed by atoms with Crippen LogP contribution in [0.3, 0.4) is 0 Å². The van der Waals surface area contributed by atoms with Crippen LogP contribution in [0.1, 0.15) is 26.7 Å². The molecule has 1 aromatic carbocycles. The van der Waals surface area contributed by atoms with Crippen molar-refractivity contribution < 1.29 is 9.90 Å². The maximum absolute atomic E-state index is 10.9. The van der Waals surface area contributed by atoms with Gasteiger partial charge in [-0.2, -0.15) is 0 Å². The molecule has 0 bridgehead atoms. The van der Waals surface area contributed by atoms with Gasteiger partial charge in [-0.15, -0.1) is 11.8 Å². The minimum absolute atomic E-state index is 0.549. The molecular weight excluding hydrogens is 291 g/mol. The van der Waals surface area contributed by atoms with Gasteiger partial charge in [0, 0.05) is 4.90 Å². The van der Waals surface area contributed by atoms with Crippen LogP contribution in [0.4, 0.5) is 0 Å². The van der Waals surface area contributed by atoms with Crippen LogP contribution in [0.5, 0.6) is 0 Å². The van der Waals surface area contributed by atoms with Crippen LogP contribution in [0, 0.1) is 5.41 Å². The molecular formula is C13H16Cl2O2S. The van der Waals surface area contributed by atoms with Gasteiger partial charge in [0.25, 0.3) is 0 Å². The molecule has 0 saturated carbocycles. The normalized spacial score (nSPS) is 11.6. The second kappa shape index (κ2) is 6.69. The Kier molecular flexibility index (Phi) is 5.83. The van der Waals surface area contributed by atoms with Crippen molar-refractivity contribution in [3.8, 4) is 0 Å². The molecule has 0 spiro atoms. The summed E-state index contributed by atoms with van der Waals surface area (Å²) in [5.41, 5.74) is -0.655. The molecule has 0 amide bonds. The fourth-order valence-corrected chi connectivity index (χ4v) is 2.63. The van der Waals surface area contributed by atoms with Gasteiger partial charge in [0.2, 0.25) is 0 Å². The summed E-state index contributed by atoms with van der Waals surface area (Å²) in [5, 5.41) is 10.1. The summed E-state index contributed by atoms with van der Waals surface area (Å²) in [7, 11) is 0. The molecule has 0 radical (unpaired) electrons. The first kappa shape index (κ1) is 15.7. The Hall–Kier alpha value is -0.380. The predicted molar refractivity (Wildman–Crippen MR) is 77.8 cm³/mol. The molecule has 0 saturated heterocycles. The number of thioether (sulfide) groups is 1. The molecule has 0 heterocycles. The Morgan fingerprint density at radius 1 is 1.33 bits per heavy atom. The van der Waals surface area contributed by atoms with E-state index in [4.69, 9.17) is 28.3 Å². The van der Waals surface area contributed by atoms with Crippen LogP contribution in [0.2, 0.25) is 10.0 Å². The molecule has 18 heavy (non-hydrogen) atoms. The third-order valence-corrected chi connectivity index (χ3v) is 4.50. The zero-order valence-corrected chi connectivity index (χ0v) is 12.7. The van der Waals surface area contributed by atoms with E-state index in [1.807, 2.05) is 12.1 Å². The fraction of sp³-hybridized carbons (Fsp3) is 0.462. The molecule has 0 aliphatic carbocycles. The Balaban J connectivity index is 2.38. The first-order chi connectivity index (χ1) is 8.33. The summed E-state index contributed by atoms with van der Waals surface area (Å²) in [6, 6.07) is 5.52. The predicted octanol–water partition coefficient (Wildman–Crippen LogP) is 4.98. The number of hydrogen-bond donors (Lipinski definition) is 1. The van der Waals surface area contributed by atoms with Gasteiger partial charge in [0.15, 0.2) is 0 Å². The summed E-state index contributed by atoms with van der Waals surface area (Å²) in [5.74, 6) is 0.122. The summed E-state index contributed by atoms with van der Waals surface area (Å²) < 4.78 is 0. The van der Waals surface area contributed by atoms with E-state index in [9.17, 15) is 4.79 Å². The lowest BCUT2D eigenvalue weighted by atomic mass is 9.88. The summed E-state index contributed by atoms with van der Waals surface area (Å²) in [6.07, 6.45) is 1.51. The monoisotopic (exact) mass is 306 g/mol. The standard InChI is InChI=1S/C13H16Cl2O2S/c1-13(2,12(16)17)6-3-7-18-9-4-5-10(14)11(15)8-9/h4-5,8H,3,6-7H2,1-2H3,(H,16,17). The minimum Gasteiger partial charge on any atom is -0.481 e. The maximum atomic E-state index is 10.9. The SMILES string of the molecule is CC(C)(CCCSc1ccc(Cl)c(Cl)c1)C(=O)O. The van der Waals surface area contributed by atoms with Gasteiger partial charge in [-0.05, 0) is 50.6 Å². The number of hydrogen-bond acceptors (Lipinski definition) is 2. The van der Waals surface area contributed by atoms with Crippen molar-refractivity contribution in [1.29, 1.82) is 0 Å². The average molecular weight is 307 g/mol. The topological polar surface area (TPSA) is 37.3 Å². The fourth-order valence-electron chi connectivity index (χ4n) is 1.38. The molecule has 0 aliphatic heterocycles. The first-order valence-electron chi connectivity index (χ1n) is 5.64. The van der Waals surface area contributed by atoms with Gasteiger partial charge in [0.1, 0.15) is 0 Å². The molecule has 0 aliphatic rings. The zero-order valence-electron chi connectivity index (χ0n) is 10.4. The van der Waals surface area contributed by atoms with Gasteiger partial charge in [-0.3, -0.25) is 4.79 Å². The summed E-state index contributed by atoms with van der Waals surface area (Å²) in [4.78, 5) is 12.0. The molecule has 1 N–H and O–H groups in total. The molecule has 2 nitrogen and oxygen atoms in total. The number of carboxylic acids is 1. The van der Waals surface area contributed by atoms with Gasteiger partial charge in [0.05, 0.1) is 15.5 Å². The second-order valence-electron chi connectivity index (χ2n) is 4.72. The van der Waals surface area contributed by atoms with Gasteiger partial charge in [-0.1, -0.05) is 23.2 Å². The van der Waals surface area contributed by atoms with Crippen molar-refractivity contribution in [1.82, 2.24) is 0 Å². The maximum Gasteiger partial charge on any atom is 0.309 e. The van der Waals surface area contributed by atoms with Crippen molar-refractivity contribution >= 4 is 40.9 Å². The van der Waals surface area contributed by atoms with Gasteiger partial charge < -0.3 is 5.11 Å². The third kappa shape index (κ3) is 4.71. The van der Waals surface area contributed by atoms with E-state index in [1.165, 1.54) is 0 Å². The number of benzene rings is 1. The quantitative estimate of drug-likeness (QED) is 0.595. The highest BCUT2D eigenvalue weighted by Gasteiger charge is 2.25. The van der Waals surface area contributed by atoms with E-state index in [2.05, 4.69) is 0 Å². The van der Waals surface area contributed by atoms with Crippen LogP contribution in [0.25, 0.3) is 0 Å². The Morgan fingerprint density at radius 2 is 2.00 bits per heavy atom. The average Bonchev–Trinajstić information content (AvgIpc) is 2.29. The van der Waals surface area contributed by atoms with Gasteiger partial charge >= 0.3 is 5.97 Å². The molecule has 0 fully saturated rings. The van der Waals surface area contributed by atoms with E-state index in [0.29, 0.717) is 16.5 Å². The minimum atomic E-state index is -0.748. The van der Waals surface area contributed by atoms with Crippen LogP contribution in [-0.2, 0) is 4.79 Å². The zero-order chi connectivity index (χ0) is 13.8.